The van der Waals surface area contributed by atoms with Gasteiger partial charge in [0.05, 0.1) is 11.7 Å². The molecule has 1 atom stereocenters. The van der Waals surface area contributed by atoms with Crippen LogP contribution in [0.1, 0.15) is 75.1 Å². The fourth-order valence-corrected chi connectivity index (χ4v) is 3.70. The molecule has 1 aliphatic heterocycles. The Balaban J connectivity index is 1.81. The van der Waals surface area contributed by atoms with Crippen LogP contribution in [-0.2, 0) is 11.2 Å². The van der Waals surface area contributed by atoms with Crippen LogP contribution >= 0.6 is 0 Å². The molecule has 0 saturated carbocycles. The van der Waals surface area contributed by atoms with E-state index in [0.717, 1.165) is 41.3 Å². The molecule has 26 heavy (non-hydrogen) atoms. The highest BCUT2D eigenvalue weighted by Gasteiger charge is 2.20. The molecule has 0 unspecified atom stereocenters. The van der Waals surface area contributed by atoms with Crippen molar-refractivity contribution < 1.29 is 4.79 Å². The number of fused-ring (bicyclic) bond motifs is 1. The fraction of sp³-hybridized carbons (Fsp3) is 0.650. The van der Waals surface area contributed by atoms with E-state index in [4.69, 9.17) is 10.1 Å². The Kier molecular flexibility index (Phi) is 5.32. The third-order valence-electron chi connectivity index (χ3n) is 4.97. The van der Waals surface area contributed by atoms with Crippen molar-refractivity contribution in [2.75, 3.05) is 6.54 Å². The summed E-state index contributed by atoms with van der Waals surface area (Å²) in [7, 11) is 0. The minimum Gasteiger partial charge on any atom is -0.351 e. The lowest BCUT2D eigenvalue weighted by Gasteiger charge is -2.21. The minimum atomic E-state index is -0.201. The Morgan fingerprint density at radius 1 is 1.35 bits per heavy atom. The van der Waals surface area contributed by atoms with Crippen molar-refractivity contribution in [1.82, 2.24) is 25.2 Å². The van der Waals surface area contributed by atoms with Gasteiger partial charge in [-0.25, -0.2) is 9.50 Å². The lowest BCUT2D eigenvalue weighted by Crippen LogP contribution is -2.40. The molecule has 6 nitrogen and oxygen atoms in total. The van der Waals surface area contributed by atoms with Gasteiger partial charge < -0.3 is 10.6 Å². The van der Waals surface area contributed by atoms with Crippen LogP contribution in [0, 0.1) is 13.8 Å². The molecule has 3 heterocycles. The van der Waals surface area contributed by atoms with Crippen molar-refractivity contribution in [2.45, 2.75) is 78.3 Å². The van der Waals surface area contributed by atoms with Crippen molar-refractivity contribution in [1.29, 1.82) is 0 Å². The maximum atomic E-state index is 12.2. The van der Waals surface area contributed by atoms with Gasteiger partial charge in [0.15, 0.2) is 5.65 Å². The number of nitrogens with one attached hydrogen (secondary N) is 2. The molecule has 2 aromatic heterocycles. The average Bonchev–Trinajstić information content (AvgIpc) is 2.98. The van der Waals surface area contributed by atoms with Gasteiger partial charge in [-0.05, 0) is 66.0 Å². The zero-order valence-electron chi connectivity index (χ0n) is 16.6. The van der Waals surface area contributed by atoms with Crippen LogP contribution in [-0.4, -0.2) is 32.6 Å². The predicted molar refractivity (Wildman–Crippen MR) is 103 cm³/mol. The molecule has 1 saturated heterocycles. The summed E-state index contributed by atoms with van der Waals surface area (Å²) < 4.78 is 1.94. The highest BCUT2D eigenvalue weighted by molar-refractivity contribution is 5.77. The smallest absolute Gasteiger partial charge is 0.220 e. The highest BCUT2D eigenvalue weighted by atomic mass is 16.1. The second-order valence-electron chi connectivity index (χ2n) is 8.40. The molecule has 0 aromatic carbocycles. The topological polar surface area (TPSA) is 71.3 Å². The maximum Gasteiger partial charge on any atom is 0.220 e. The summed E-state index contributed by atoms with van der Waals surface area (Å²) >= 11 is 0. The Morgan fingerprint density at radius 2 is 2.12 bits per heavy atom. The molecular weight excluding hydrogens is 326 g/mol. The molecule has 2 N–H and O–H groups in total. The summed E-state index contributed by atoms with van der Waals surface area (Å²) in [5, 5.41) is 11.4. The van der Waals surface area contributed by atoms with E-state index in [0.29, 0.717) is 18.9 Å². The number of aryl methyl sites for hydroxylation is 2. The number of hydrogen-bond acceptors (Lipinski definition) is 4. The number of rotatable bonds is 4. The van der Waals surface area contributed by atoms with Crippen molar-refractivity contribution in [3.8, 4) is 0 Å². The zero-order chi connectivity index (χ0) is 18.9. The van der Waals surface area contributed by atoms with E-state index >= 15 is 0 Å². The number of aromatic nitrogens is 3. The fourth-order valence-electron chi connectivity index (χ4n) is 3.70. The van der Waals surface area contributed by atoms with Crippen molar-refractivity contribution >= 4 is 11.6 Å². The Hall–Kier alpha value is -1.95. The van der Waals surface area contributed by atoms with Gasteiger partial charge in [-0.15, -0.1) is 0 Å². The number of amides is 1. The first-order valence-corrected chi connectivity index (χ1v) is 9.65. The number of hydrogen-bond donors (Lipinski definition) is 2. The summed E-state index contributed by atoms with van der Waals surface area (Å²) in [6, 6.07) is 2.42. The molecule has 0 spiro atoms. The SMILES string of the molecule is Cc1nc2cc([C@H]3CCCCN3)nn2c(C)c1CCC(=O)NC(C)(C)C. The van der Waals surface area contributed by atoms with Crippen LogP contribution < -0.4 is 10.6 Å². The molecule has 1 amide bonds. The maximum absolute atomic E-state index is 12.2. The van der Waals surface area contributed by atoms with Gasteiger partial charge in [-0.2, -0.15) is 5.10 Å². The van der Waals surface area contributed by atoms with E-state index in [1.54, 1.807) is 0 Å². The van der Waals surface area contributed by atoms with E-state index in [2.05, 4.69) is 23.6 Å². The van der Waals surface area contributed by atoms with E-state index in [1.165, 1.54) is 12.8 Å². The quantitative estimate of drug-likeness (QED) is 0.882. The second kappa shape index (κ2) is 7.35. The standard InChI is InChI=1S/C20H31N5O/c1-13-15(9-10-19(26)23-20(3,4)5)14(2)25-18(22-13)12-17(24-25)16-8-6-7-11-21-16/h12,16,21H,6-11H2,1-5H3,(H,23,26)/t16-/m1/s1. The van der Waals surface area contributed by atoms with Crippen LogP contribution in [0.25, 0.3) is 5.65 Å². The molecule has 3 rings (SSSR count). The summed E-state index contributed by atoms with van der Waals surface area (Å²) in [5.74, 6) is 0.0731. The molecule has 0 aliphatic carbocycles. The Morgan fingerprint density at radius 3 is 2.77 bits per heavy atom. The molecule has 6 heteroatoms. The summed E-state index contributed by atoms with van der Waals surface area (Å²) in [6.07, 6.45) is 4.75. The van der Waals surface area contributed by atoms with Gasteiger partial charge in [0.25, 0.3) is 0 Å². The van der Waals surface area contributed by atoms with Gasteiger partial charge in [-0.3, -0.25) is 4.79 Å². The Labute approximate surface area is 155 Å². The lowest BCUT2D eigenvalue weighted by atomic mass is 10.0. The van der Waals surface area contributed by atoms with Crippen LogP contribution in [0.3, 0.4) is 0 Å². The number of nitrogens with zero attached hydrogens (tertiary/aromatic N) is 3. The normalized spacial score (nSPS) is 18.3. The van der Waals surface area contributed by atoms with E-state index in [-0.39, 0.29) is 11.4 Å². The first-order valence-electron chi connectivity index (χ1n) is 9.65. The third kappa shape index (κ3) is 4.23. The summed E-state index contributed by atoms with van der Waals surface area (Å²) in [4.78, 5) is 16.9. The van der Waals surface area contributed by atoms with Crippen LogP contribution in [0.5, 0.6) is 0 Å². The highest BCUT2D eigenvalue weighted by Crippen LogP contribution is 2.24. The number of carbonyl (C=O) groups is 1. The van der Waals surface area contributed by atoms with E-state index in [9.17, 15) is 4.79 Å². The molecule has 2 aromatic rings. The predicted octanol–water partition coefficient (Wildman–Crippen LogP) is 3.01. The average molecular weight is 358 g/mol. The molecule has 1 fully saturated rings. The van der Waals surface area contributed by atoms with Crippen molar-refractivity contribution in [2.24, 2.45) is 0 Å². The largest absolute Gasteiger partial charge is 0.351 e. The molecule has 0 bridgehead atoms. The zero-order valence-corrected chi connectivity index (χ0v) is 16.6. The van der Waals surface area contributed by atoms with Gasteiger partial charge in [0, 0.05) is 29.4 Å². The van der Waals surface area contributed by atoms with E-state index < -0.39 is 0 Å². The third-order valence-corrected chi connectivity index (χ3v) is 4.97. The monoisotopic (exact) mass is 357 g/mol. The lowest BCUT2D eigenvalue weighted by molar-refractivity contribution is -0.122. The Bertz CT molecular complexity index is 797. The van der Waals surface area contributed by atoms with Gasteiger partial charge >= 0.3 is 0 Å². The molecule has 142 valence electrons. The minimum absolute atomic E-state index is 0.0731. The van der Waals surface area contributed by atoms with Crippen molar-refractivity contribution in [3.63, 3.8) is 0 Å². The van der Waals surface area contributed by atoms with Crippen LogP contribution in [0.2, 0.25) is 0 Å². The first kappa shape index (κ1) is 18.8. The number of piperidine rings is 1. The number of carbonyl (C=O) groups excluding carboxylic acids is 1. The molecule has 1 aliphatic rings. The molecule has 0 radical (unpaired) electrons. The molecular formula is C20H31N5O. The van der Waals surface area contributed by atoms with Gasteiger partial charge in [-0.1, -0.05) is 6.42 Å². The summed E-state index contributed by atoms with van der Waals surface area (Å²) in [5.41, 5.74) is 4.95. The van der Waals surface area contributed by atoms with Crippen LogP contribution in [0.4, 0.5) is 0 Å². The second-order valence-corrected chi connectivity index (χ2v) is 8.40. The van der Waals surface area contributed by atoms with Crippen LogP contribution in [0.15, 0.2) is 6.07 Å². The first-order chi connectivity index (χ1) is 12.2. The van der Waals surface area contributed by atoms with Gasteiger partial charge in [0.2, 0.25) is 5.91 Å². The summed E-state index contributed by atoms with van der Waals surface area (Å²) in [6.45, 7) is 11.1. The van der Waals surface area contributed by atoms with Gasteiger partial charge in [0.1, 0.15) is 0 Å². The van der Waals surface area contributed by atoms with Crippen molar-refractivity contribution in [3.05, 3.63) is 28.7 Å². The van der Waals surface area contributed by atoms with E-state index in [1.807, 2.05) is 32.2 Å².